The SMILES string of the molecule is CNc1nc2sccn2c1S(=O)(=O)N(C)CC(C)(C)O. The summed E-state index contributed by atoms with van der Waals surface area (Å²) in [5.41, 5.74) is -1.11. The Bertz CT molecular complexity index is 712. The van der Waals surface area contributed by atoms with Gasteiger partial charge in [0.25, 0.3) is 10.0 Å². The quantitative estimate of drug-likeness (QED) is 0.852. The van der Waals surface area contributed by atoms with E-state index < -0.39 is 15.6 Å². The number of aromatic nitrogens is 2. The van der Waals surface area contributed by atoms with Gasteiger partial charge in [0, 0.05) is 32.2 Å². The zero-order valence-electron chi connectivity index (χ0n) is 11.8. The Hall–Kier alpha value is -1.16. The van der Waals surface area contributed by atoms with E-state index in [1.807, 2.05) is 0 Å². The van der Waals surface area contributed by atoms with Gasteiger partial charge >= 0.3 is 0 Å². The van der Waals surface area contributed by atoms with Crippen molar-refractivity contribution in [2.24, 2.45) is 0 Å². The molecule has 0 saturated heterocycles. The maximum absolute atomic E-state index is 12.7. The van der Waals surface area contributed by atoms with Gasteiger partial charge in [0.1, 0.15) is 0 Å². The van der Waals surface area contributed by atoms with Gasteiger partial charge in [-0.25, -0.2) is 13.4 Å². The summed E-state index contributed by atoms with van der Waals surface area (Å²) in [5.74, 6) is 0.305. The van der Waals surface area contributed by atoms with Gasteiger partial charge in [-0.2, -0.15) is 4.31 Å². The number of aliphatic hydroxyl groups is 1. The van der Waals surface area contributed by atoms with Crippen LogP contribution in [-0.2, 0) is 10.0 Å². The molecule has 112 valence electrons. The number of likely N-dealkylation sites (N-methyl/N-ethyl adjacent to an activating group) is 1. The topological polar surface area (TPSA) is 86.9 Å². The zero-order chi connectivity index (χ0) is 15.1. The molecule has 0 fully saturated rings. The van der Waals surface area contributed by atoms with Gasteiger partial charge in [0.2, 0.25) is 0 Å². The normalized spacial score (nSPS) is 13.3. The first kappa shape index (κ1) is 15.2. The Morgan fingerprint density at radius 1 is 1.55 bits per heavy atom. The molecule has 0 aliphatic carbocycles. The van der Waals surface area contributed by atoms with Crippen LogP contribution in [0.25, 0.3) is 4.96 Å². The summed E-state index contributed by atoms with van der Waals surface area (Å²) in [5, 5.41) is 14.5. The molecule has 0 aliphatic rings. The van der Waals surface area contributed by atoms with Crippen LogP contribution in [0.15, 0.2) is 16.6 Å². The number of hydrogen-bond acceptors (Lipinski definition) is 6. The first-order chi connectivity index (χ1) is 9.16. The van der Waals surface area contributed by atoms with Crippen LogP contribution in [0.4, 0.5) is 5.82 Å². The lowest BCUT2D eigenvalue weighted by molar-refractivity contribution is 0.0639. The highest BCUT2D eigenvalue weighted by molar-refractivity contribution is 7.89. The van der Waals surface area contributed by atoms with Crippen LogP contribution in [0, 0.1) is 0 Å². The van der Waals surface area contributed by atoms with Gasteiger partial charge in [-0.15, -0.1) is 11.3 Å². The summed E-state index contributed by atoms with van der Waals surface area (Å²) >= 11 is 1.36. The number of imidazole rings is 1. The lowest BCUT2D eigenvalue weighted by Gasteiger charge is -2.24. The Kier molecular flexibility index (Phi) is 3.80. The fourth-order valence-corrected chi connectivity index (χ4v) is 4.29. The van der Waals surface area contributed by atoms with Crippen molar-refractivity contribution in [3.05, 3.63) is 11.6 Å². The minimum absolute atomic E-state index is 0.00411. The molecular formula is C11H18N4O3S2. The van der Waals surface area contributed by atoms with Crippen LogP contribution >= 0.6 is 11.3 Å². The Balaban J connectivity index is 2.53. The van der Waals surface area contributed by atoms with Crippen molar-refractivity contribution in [3.8, 4) is 0 Å². The minimum atomic E-state index is -3.75. The number of sulfonamides is 1. The van der Waals surface area contributed by atoms with Crippen molar-refractivity contribution in [1.82, 2.24) is 13.7 Å². The summed E-state index contributed by atoms with van der Waals surface area (Å²) in [6.07, 6.45) is 1.67. The highest BCUT2D eigenvalue weighted by Gasteiger charge is 2.32. The van der Waals surface area contributed by atoms with E-state index in [1.165, 1.54) is 22.8 Å². The molecule has 0 aromatic carbocycles. The molecule has 0 atom stereocenters. The molecule has 0 unspecified atom stereocenters. The molecule has 0 radical (unpaired) electrons. The van der Waals surface area contributed by atoms with Crippen molar-refractivity contribution in [1.29, 1.82) is 0 Å². The van der Waals surface area contributed by atoms with Crippen LogP contribution in [0.5, 0.6) is 0 Å². The smallest absolute Gasteiger partial charge is 0.262 e. The first-order valence-corrected chi connectivity index (χ1v) is 8.31. The van der Waals surface area contributed by atoms with E-state index in [0.29, 0.717) is 10.8 Å². The lowest BCUT2D eigenvalue weighted by atomic mass is 10.1. The average Bonchev–Trinajstić information content (AvgIpc) is 2.84. The van der Waals surface area contributed by atoms with Crippen LogP contribution in [0.1, 0.15) is 13.8 Å². The van der Waals surface area contributed by atoms with Gasteiger partial charge in [-0.3, -0.25) is 4.40 Å². The molecule has 0 saturated carbocycles. The molecule has 2 aromatic heterocycles. The molecule has 0 amide bonds. The van der Waals surface area contributed by atoms with Gasteiger partial charge in [-0.05, 0) is 13.8 Å². The van der Waals surface area contributed by atoms with E-state index in [4.69, 9.17) is 0 Å². The average molecular weight is 318 g/mol. The highest BCUT2D eigenvalue weighted by atomic mass is 32.2. The third-order valence-corrected chi connectivity index (χ3v) is 5.30. The summed E-state index contributed by atoms with van der Waals surface area (Å²) in [7, 11) is -0.681. The molecule has 2 rings (SSSR count). The summed E-state index contributed by atoms with van der Waals surface area (Å²) in [4.78, 5) is 4.84. The van der Waals surface area contributed by atoms with Gasteiger partial charge in [0.05, 0.1) is 5.60 Å². The molecule has 0 aliphatic heterocycles. The minimum Gasteiger partial charge on any atom is -0.389 e. The number of thiazole rings is 1. The zero-order valence-corrected chi connectivity index (χ0v) is 13.4. The summed E-state index contributed by atoms with van der Waals surface area (Å²) in [6.45, 7) is 3.12. The molecule has 9 heteroatoms. The standard InChI is InChI=1S/C11H18N4O3S2/c1-11(2,16)7-14(4)20(17,18)9-8(12-3)13-10-15(9)5-6-19-10/h5-6,12,16H,7H2,1-4H3. The second-order valence-corrected chi connectivity index (χ2v) is 7.98. The van der Waals surface area contributed by atoms with Crippen molar-refractivity contribution < 1.29 is 13.5 Å². The van der Waals surface area contributed by atoms with Crippen molar-refractivity contribution in [3.63, 3.8) is 0 Å². The van der Waals surface area contributed by atoms with Gasteiger partial charge in [-0.1, -0.05) is 0 Å². The fraction of sp³-hybridized carbons (Fsp3) is 0.545. The molecule has 2 N–H and O–H groups in total. The van der Waals surface area contributed by atoms with E-state index >= 15 is 0 Å². The summed E-state index contributed by atoms with van der Waals surface area (Å²) < 4.78 is 28.0. The Labute approximate surface area is 121 Å². The number of fused-ring (bicyclic) bond motifs is 1. The molecule has 20 heavy (non-hydrogen) atoms. The number of nitrogens with one attached hydrogen (secondary N) is 1. The van der Waals surface area contributed by atoms with Crippen LogP contribution in [0.3, 0.4) is 0 Å². The maximum atomic E-state index is 12.7. The predicted molar refractivity (Wildman–Crippen MR) is 78.7 cm³/mol. The molecule has 7 nitrogen and oxygen atoms in total. The number of rotatable bonds is 5. The monoisotopic (exact) mass is 318 g/mol. The number of anilines is 1. The predicted octanol–water partition coefficient (Wildman–Crippen LogP) is 0.829. The van der Waals surface area contributed by atoms with Crippen molar-refractivity contribution in [2.45, 2.75) is 24.5 Å². The van der Waals surface area contributed by atoms with Crippen LogP contribution < -0.4 is 5.32 Å². The maximum Gasteiger partial charge on any atom is 0.262 e. The van der Waals surface area contributed by atoms with Gasteiger partial charge < -0.3 is 10.4 Å². The molecule has 0 bridgehead atoms. The Morgan fingerprint density at radius 3 is 2.75 bits per heavy atom. The number of nitrogens with zero attached hydrogens (tertiary/aromatic N) is 3. The fourth-order valence-electron chi connectivity index (χ4n) is 1.95. The van der Waals surface area contributed by atoms with Crippen molar-refractivity contribution >= 4 is 32.1 Å². The van der Waals surface area contributed by atoms with E-state index in [-0.39, 0.29) is 11.6 Å². The van der Waals surface area contributed by atoms with E-state index in [1.54, 1.807) is 32.5 Å². The van der Waals surface area contributed by atoms with Crippen molar-refractivity contribution in [2.75, 3.05) is 26.0 Å². The Morgan fingerprint density at radius 2 is 2.20 bits per heavy atom. The third-order valence-electron chi connectivity index (χ3n) is 2.72. The molecule has 2 heterocycles. The molecule has 2 aromatic rings. The van der Waals surface area contributed by atoms with E-state index in [2.05, 4.69) is 10.3 Å². The number of hydrogen-bond donors (Lipinski definition) is 2. The molecular weight excluding hydrogens is 300 g/mol. The molecule has 0 spiro atoms. The highest BCUT2D eigenvalue weighted by Crippen LogP contribution is 2.28. The van der Waals surface area contributed by atoms with Gasteiger partial charge in [0.15, 0.2) is 15.8 Å². The van der Waals surface area contributed by atoms with Crippen LogP contribution in [-0.4, -0.2) is 53.5 Å². The largest absolute Gasteiger partial charge is 0.389 e. The summed E-state index contributed by atoms with van der Waals surface area (Å²) in [6, 6.07) is 0. The van der Waals surface area contributed by atoms with E-state index in [9.17, 15) is 13.5 Å². The van der Waals surface area contributed by atoms with E-state index in [0.717, 1.165) is 4.31 Å². The second kappa shape index (κ2) is 4.99. The first-order valence-electron chi connectivity index (χ1n) is 5.99. The third kappa shape index (κ3) is 2.66. The second-order valence-electron chi connectivity index (χ2n) is 5.14. The van der Waals surface area contributed by atoms with Crippen LogP contribution in [0.2, 0.25) is 0 Å². The lowest BCUT2D eigenvalue weighted by Crippen LogP contribution is -2.40.